The van der Waals surface area contributed by atoms with Gasteiger partial charge in [0.1, 0.15) is 5.75 Å². The average Bonchev–Trinajstić information content (AvgIpc) is 2.11. The number of carbonyl (C=O) groups excluding carboxylic acids is 1. The van der Waals surface area contributed by atoms with Gasteiger partial charge >= 0.3 is 6.09 Å². The van der Waals surface area contributed by atoms with E-state index in [0.717, 1.165) is 24.0 Å². The summed E-state index contributed by atoms with van der Waals surface area (Å²) in [6, 6.07) is 5.81. The Morgan fingerprint density at radius 3 is 2.79 bits per heavy atom. The highest BCUT2D eigenvalue weighted by Crippen LogP contribution is 2.24. The number of ether oxygens (including phenoxy) is 1. The molecule has 3 heteroatoms. The molecule has 2 N–H and O–H groups in total. The quantitative estimate of drug-likeness (QED) is 0.801. The SMILES string of the molecule is CCCc1cccc(C)c1OC(N)=O. The molecule has 1 aromatic carbocycles. The van der Waals surface area contributed by atoms with Crippen LogP contribution in [0.25, 0.3) is 0 Å². The molecule has 0 aliphatic heterocycles. The van der Waals surface area contributed by atoms with Crippen LogP contribution in [0.15, 0.2) is 18.2 Å². The summed E-state index contributed by atoms with van der Waals surface area (Å²) in [4.78, 5) is 10.7. The molecule has 1 rings (SSSR count). The minimum Gasteiger partial charge on any atom is -0.410 e. The van der Waals surface area contributed by atoms with E-state index in [1.165, 1.54) is 0 Å². The standard InChI is InChI=1S/C11H15NO2/c1-3-5-9-7-4-6-8(2)10(9)14-11(12)13/h4,6-7H,3,5H2,1-2H3,(H2,12,13). The van der Waals surface area contributed by atoms with Crippen molar-refractivity contribution in [3.8, 4) is 5.75 Å². The Bertz CT molecular complexity index is 334. The molecule has 1 aromatic rings. The lowest BCUT2D eigenvalue weighted by molar-refractivity contribution is 0.210. The van der Waals surface area contributed by atoms with E-state index in [1.54, 1.807) is 0 Å². The van der Waals surface area contributed by atoms with E-state index >= 15 is 0 Å². The number of primary amides is 1. The third-order valence-electron chi connectivity index (χ3n) is 2.02. The van der Waals surface area contributed by atoms with Crippen molar-refractivity contribution in [2.75, 3.05) is 0 Å². The van der Waals surface area contributed by atoms with E-state index in [1.807, 2.05) is 25.1 Å². The molecule has 0 saturated heterocycles. The largest absolute Gasteiger partial charge is 0.410 e. The van der Waals surface area contributed by atoms with Crippen molar-refractivity contribution in [3.05, 3.63) is 29.3 Å². The monoisotopic (exact) mass is 193 g/mol. The molecule has 0 aliphatic carbocycles. The van der Waals surface area contributed by atoms with Gasteiger partial charge in [-0.05, 0) is 24.5 Å². The van der Waals surface area contributed by atoms with Crippen LogP contribution in [0.4, 0.5) is 4.79 Å². The van der Waals surface area contributed by atoms with Crippen LogP contribution >= 0.6 is 0 Å². The van der Waals surface area contributed by atoms with Gasteiger partial charge < -0.3 is 10.5 Å². The van der Waals surface area contributed by atoms with Gasteiger partial charge in [0.05, 0.1) is 0 Å². The Hall–Kier alpha value is -1.51. The van der Waals surface area contributed by atoms with Gasteiger partial charge in [0.15, 0.2) is 0 Å². The van der Waals surface area contributed by atoms with Crippen molar-refractivity contribution in [1.29, 1.82) is 0 Å². The highest BCUT2D eigenvalue weighted by Gasteiger charge is 2.08. The molecule has 76 valence electrons. The van der Waals surface area contributed by atoms with Crippen LogP contribution in [-0.2, 0) is 6.42 Å². The van der Waals surface area contributed by atoms with Crippen molar-refractivity contribution in [1.82, 2.24) is 0 Å². The fourth-order valence-electron chi connectivity index (χ4n) is 1.43. The molecule has 14 heavy (non-hydrogen) atoms. The van der Waals surface area contributed by atoms with Crippen LogP contribution in [0.1, 0.15) is 24.5 Å². The van der Waals surface area contributed by atoms with Crippen molar-refractivity contribution >= 4 is 6.09 Å². The zero-order valence-corrected chi connectivity index (χ0v) is 8.54. The molecule has 0 aliphatic rings. The maximum atomic E-state index is 10.7. The normalized spacial score (nSPS) is 9.86. The minimum atomic E-state index is -0.753. The number of rotatable bonds is 3. The number of amides is 1. The second-order valence-corrected chi connectivity index (χ2v) is 3.23. The number of nitrogens with two attached hydrogens (primary N) is 1. The summed E-state index contributed by atoms with van der Waals surface area (Å²) in [5.41, 5.74) is 6.97. The van der Waals surface area contributed by atoms with E-state index < -0.39 is 6.09 Å². The van der Waals surface area contributed by atoms with Crippen LogP contribution in [0, 0.1) is 6.92 Å². The fourth-order valence-corrected chi connectivity index (χ4v) is 1.43. The fraction of sp³-hybridized carbons (Fsp3) is 0.364. The van der Waals surface area contributed by atoms with E-state index in [0.29, 0.717) is 5.75 Å². The molecule has 0 saturated carbocycles. The molecule has 1 amide bonds. The number of hydrogen-bond acceptors (Lipinski definition) is 2. The Morgan fingerprint density at radius 2 is 2.21 bits per heavy atom. The molecule has 0 spiro atoms. The summed E-state index contributed by atoms with van der Waals surface area (Å²) in [7, 11) is 0. The van der Waals surface area contributed by atoms with E-state index in [4.69, 9.17) is 10.5 Å². The maximum Gasteiger partial charge on any atom is 0.409 e. The lowest BCUT2D eigenvalue weighted by atomic mass is 10.1. The lowest BCUT2D eigenvalue weighted by Gasteiger charge is -2.10. The molecule has 0 atom stereocenters. The summed E-state index contributed by atoms with van der Waals surface area (Å²) in [5, 5.41) is 0. The first-order chi connectivity index (χ1) is 6.65. The Kier molecular flexibility index (Phi) is 3.51. The molecular formula is C11H15NO2. The second kappa shape index (κ2) is 4.65. The predicted molar refractivity (Wildman–Crippen MR) is 55.4 cm³/mol. The Labute approximate surface area is 83.9 Å². The number of benzene rings is 1. The Balaban J connectivity index is 3.02. The lowest BCUT2D eigenvalue weighted by Crippen LogP contribution is -2.17. The van der Waals surface area contributed by atoms with Crippen LogP contribution < -0.4 is 10.5 Å². The van der Waals surface area contributed by atoms with Gasteiger partial charge in [-0.25, -0.2) is 4.79 Å². The summed E-state index contributed by atoms with van der Waals surface area (Å²) < 4.78 is 4.97. The molecule has 0 heterocycles. The minimum absolute atomic E-state index is 0.613. The van der Waals surface area contributed by atoms with Gasteiger partial charge in [-0.3, -0.25) is 0 Å². The molecule has 0 aromatic heterocycles. The third-order valence-corrected chi connectivity index (χ3v) is 2.02. The van der Waals surface area contributed by atoms with E-state index in [-0.39, 0.29) is 0 Å². The number of hydrogen-bond donors (Lipinski definition) is 1. The molecular weight excluding hydrogens is 178 g/mol. The molecule has 0 radical (unpaired) electrons. The van der Waals surface area contributed by atoms with Crippen molar-refractivity contribution in [2.24, 2.45) is 5.73 Å². The van der Waals surface area contributed by atoms with E-state index in [9.17, 15) is 4.79 Å². The first-order valence-electron chi connectivity index (χ1n) is 4.71. The zero-order valence-electron chi connectivity index (χ0n) is 8.54. The maximum absolute atomic E-state index is 10.7. The third kappa shape index (κ3) is 2.49. The Morgan fingerprint density at radius 1 is 1.50 bits per heavy atom. The summed E-state index contributed by atoms with van der Waals surface area (Å²) in [6.07, 6.45) is 1.15. The molecule has 3 nitrogen and oxygen atoms in total. The number of carbonyl (C=O) groups is 1. The smallest absolute Gasteiger partial charge is 0.409 e. The highest BCUT2D eigenvalue weighted by molar-refractivity contribution is 5.69. The first kappa shape index (κ1) is 10.6. The molecule has 0 fully saturated rings. The van der Waals surface area contributed by atoms with Crippen LogP contribution in [0.5, 0.6) is 5.75 Å². The van der Waals surface area contributed by atoms with E-state index in [2.05, 4.69) is 6.92 Å². The zero-order chi connectivity index (χ0) is 10.6. The van der Waals surface area contributed by atoms with Crippen molar-refractivity contribution < 1.29 is 9.53 Å². The molecule has 0 unspecified atom stereocenters. The number of aryl methyl sites for hydroxylation is 2. The summed E-state index contributed by atoms with van der Waals surface area (Å²) in [5.74, 6) is 0.613. The molecule has 0 bridgehead atoms. The van der Waals surface area contributed by atoms with Crippen LogP contribution in [0.3, 0.4) is 0 Å². The predicted octanol–water partition coefficient (Wildman–Crippen LogP) is 2.41. The average molecular weight is 193 g/mol. The van der Waals surface area contributed by atoms with Gasteiger partial charge in [-0.15, -0.1) is 0 Å². The summed E-state index contributed by atoms with van der Waals surface area (Å²) >= 11 is 0. The van der Waals surface area contributed by atoms with Gasteiger partial charge in [-0.2, -0.15) is 0 Å². The highest BCUT2D eigenvalue weighted by atomic mass is 16.5. The number of para-hydroxylation sites is 1. The van der Waals surface area contributed by atoms with Gasteiger partial charge in [0.2, 0.25) is 0 Å². The first-order valence-corrected chi connectivity index (χ1v) is 4.71. The second-order valence-electron chi connectivity index (χ2n) is 3.23. The topological polar surface area (TPSA) is 52.3 Å². The van der Waals surface area contributed by atoms with Gasteiger partial charge in [-0.1, -0.05) is 31.5 Å². The van der Waals surface area contributed by atoms with Crippen LogP contribution in [-0.4, -0.2) is 6.09 Å². The summed E-state index contributed by atoms with van der Waals surface area (Å²) in [6.45, 7) is 3.98. The van der Waals surface area contributed by atoms with Crippen molar-refractivity contribution in [3.63, 3.8) is 0 Å². The van der Waals surface area contributed by atoms with Gasteiger partial charge in [0.25, 0.3) is 0 Å². The van der Waals surface area contributed by atoms with Crippen molar-refractivity contribution in [2.45, 2.75) is 26.7 Å². The van der Waals surface area contributed by atoms with Crippen LogP contribution in [0.2, 0.25) is 0 Å². The van der Waals surface area contributed by atoms with Gasteiger partial charge in [0, 0.05) is 0 Å².